The molecule has 2 heterocycles. The molecule has 7 nitrogen and oxygen atoms in total. The maximum absolute atomic E-state index is 13.1. The van der Waals surface area contributed by atoms with Crippen molar-refractivity contribution >= 4 is 40.6 Å². The number of imide groups is 1. The van der Waals surface area contributed by atoms with Crippen molar-refractivity contribution in [2.45, 2.75) is 6.61 Å². The van der Waals surface area contributed by atoms with E-state index in [2.05, 4.69) is 17.0 Å². The molecule has 2 saturated heterocycles. The second-order valence-corrected chi connectivity index (χ2v) is 9.78. The molecule has 0 saturated carbocycles. The Kier molecular flexibility index (Phi) is 7.56. The predicted octanol–water partition coefficient (Wildman–Crippen LogP) is 4.65. The highest BCUT2D eigenvalue weighted by molar-refractivity contribution is 8.18. The molecule has 8 heteroatoms. The van der Waals surface area contributed by atoms with Crippen LogP contribution < -0.4 is 9.64 Å². The van der Waals surface area contributed by atoms with Crippen molar-refractivity contribution < 1.29 is 19.1 Å². The summed E-state index contributed by atoms with van der Waals surface area (Å²) < 4.78 is 5.98. The summed E-state index contributed by atoms with van der Waals surface area (Å²) in [6, 6.07) is 27.3. The van der Waals surface area contributed by atoms with Gasteiger partial charge in [-0.25, -0.2) is 0 Å². The Labute approximate surface area is 220 Å². The van der Waals surface area contributed by atoms with E-state index in [0.29, 0.717) is 44.1 Å². The molecule has 2 aliphatic heterocycles. The average molecular weight is 514 g/mol. The van der Waals surface area contributed by atoms with Crippen LogP contribution in [-0.2, 0) is 16.2 Å². The zero-order valence-electron chi connectivity index (χ0n) is 20.3. The lowest BCUT2D eigenvalue weighted by atomic mass is 10.1. The molecule has 0 N–H and O–H groups in total. The Balaban J connectivity index is 1.21. The topological polar surface area (TPSA) is 70.2 Å². The van der Waals surface area contributed by atoms with Crippen LogP contribution in [-0.4, -0.2) is 59.6 Å². The zero-order valence-corrected chi connectivity index (χ0v) is 21.1. The van der Waals surface area contributed by atoms with E-state index in [1.165, 1.54) is 0 Å². The normalized spacial score (nSPS) is 17.0. The number of thioether (sulfide) groups is 1. The van der Waals surface area contributed by atoms with Crippen LogP contribution in [0.5, 0.6) is 5.75 Å². The van der Waals surface area contributed by atoms with Gasteiger partial charge in [-0.2, -0.15) is 0 Å². The molecule has 0 aromatic heterocycles. The van der Waals surface area contributed by atoms with Crippen molar-refractivity contribution in [1.82, 2.24) is 9.80 Å². The standard InChI is InChI=1S/C29H27N3O4S/c33-27(31-17-15-30(16-18-31)24-12-5-2-6-13-24)20-32-28(34)26(37-29(32)35)19-23-11-7-8-14-25(23)36-21-22-9-3-1-4-10-22/h1-14,19H,15-18,20-21H2/b26-19+. The number of nitrogens with zero attached hydrogens (tertiary/aromatic N) is 3. The predicted molar refractivity (Wildman–Crippen MR) is 145 cm³/mol. The molecular formula is C29H27N3O4S. The lowest BCUT2D eigenvalue weighted by Gasteiger charge is -2.36. The number of carbonyl (C=O) groups is 3. The third-order valence-corrected chi connectivity index (χ3v) is 7.27. The van der Waals surface area contributed by atoms with Gasteiger partial charge in [-0.3, -0.25) is 19.3 Å². The first-order valence-corrected chi connectivity index (χ1v) is 13.0. The van der Waals surface area contributed by atoms with E-state index < -0.39 is 11.1 Å². The first-order valence-electron chi connectivity index (χ1n) is 12.2. The third kappa shape index (κ3) is 5.86. The van der Waals surface area contributed by atoms with Crippen molar-refractivity contribution in [2.24, 2.45) is 0 Å². The number of benzene rings is 3. The van der Waals surface area contributed by atoms with Crippen LogP contribution >= 0.6 is 11.8 Å². The summed E-state index contributed by atoms with van der Waals surface area (Å²) in [6.45, 7) is 2.64. The van der Waals surface area contributed by atoms with E-state index in [1.807, 2.05) is 72.8 Å². The molecule has 0 radical (unpaired) electrons. The van der Waals surface area contributed by atoms with E-state index in [1.54, 1.807) is 11.0 Å². The first kappa shape index (κ1) is 24.6. The van der Waals surface area contributed by atoms with Gasteiger partial charge >= 0.3 is 0 Å². The highest BCUT2D eigenvalue weighted by Gasteiger charge is 2.37. The Hall–Kier alpha value is -4.04. The zero-order chi connectivity index (χ0) is 25.6. The van der Waals surface area contributed by atoms with E-state index in [4.69, 9.17) is 4.74 Å². The van der Waals surface area contributed by atoms with Crippen LogP contribution in [0, 0.1) is 0 Å². The van der Waals surface area contributed by atoms with E-state index in [9.17, 15) is 14.4 Å². The molecule has 0 aliphatic carbocycles. The summed E-state index contributed by atoms with van der Waals surface area (Å²) in [5.74, 6) is -0.0579. The maximum Gasteiger partial charge on any atom is 0.294 e. The molecule has 0 bridgehead atoms. The van der Waals surface area contributed by atoms with Crippen molar-refractivity contribution in [3.8, 4) is 5.75 Å². The minimum atomic E-state index is -0.455. The van der Waals surface area contributed by atoms with Gasteiger partial charge in [-0.05, 0) is 41.6 Å². The fourth-order valence-electron chi connectivity index (χ4n) is 4.33. The molecule has 0 unspecified atom stereocenters. The molecule has 37 heavy (non-hydrogen) atoms. The summed E-state index contributed by atoms with van der Waals surface area (Å²) >= 11 is 0.850. The number of carbonyl (C=O) groups excluding carboxylic acids is 3. The lowest BCUT2D eigenvalue weighted by molar-refractivity contribution is -0.136. The van der Waals surface area contributed by atoms with Crippen molar-refractivity contribution in [2.75, 3.05) is 37.6 Å². The largest absolute Gasteiger partial charge is 0.488 e. The van der Waals surface area contributed by atoms with E-state index >= 15 is 0 Å². The Bertz CT molecular complexity index is 1300. The van der Waals surface area contributed by atoms with Gasteiger partial charge in [0.25, 0.3) is 11.1 Å². The SMILES string of the molecule is O=C(CN1C(=O)S/C(=C/c2ccccc2OCc2ccccc2)C1=O)N1CCN(c2ccccc2)CC1. The number of para-hydroxylation sites is 2. The molecule has 2 aliphatic rings. The number of amides is 3. The number of rotatable bonds is 7. The summed E-state index contributed by atoms with van der Waals surface area (Å²) in [5.41, 5.74) is 2.85. The number of ether oxygens (including phenoxy) is 1. The van der Waals surface area contributed by atoms with Crippen LogP contribution in [0.1, 0.15) is 11.1 Å². The molecule has 5 rings (SSSR count). The monoisotopic (exact) mass is 513 g/mol. The Morgan fingerprint density at radius 2 is 1.49 bits per heavy atom. The number of anilines is 1. The second-order valence-electron chi connectivity index (χ2n) is 8.78. The van der Waals surface area contributed by atoms with Gasteiger partial charge in [-0.15, -0.1) is 0 Å². The molecule has 0 spiro atoms. The summed E-state index contributed by atoms with van der Waals surface area (Å²) in [7, 11) is 0. The maximum atomic E-state index is 13.1. The van der Waals surface area contributed by atoms with Gasteiger partial charge in [0.15, 0.2) is 0 Å². The summed E-state index contributed by atoms with van der Waals surface area (Å²) in [6.07, 6.45) is 1.66. The molecule has 188 valence electrons. The second kappa shape index (κ2) is 11.3. The number of piperazine rings is 1. The van der Waals surface area contributed by atoms with Gasteiger partial charge in [0.1, 0.15) is 18.9 Å². The van der Waals surface area contributed by atoms with Crippen molar-refractivity contribution in [3.63, 3.8) is 0 Å². The van der Waals surface area contributed by atoms with Crippen LogP contribution in [0.25, 0.3) is 6.08 Å². The molecule has 0 atom stereocenters. The molecule has 3 aromatic rings. The summed E-state index contributed by atoms with van der Waals surface area (Å²) in [4.78, 5) is 43.9. The van der Waals surface area contributed by atoms with E-state index in [0.717, 1.165) is 27.9 Å². The lowest BCUT2D eigenvalue weighted by Crippen LogP contribution is -2.51. The first-order chi connectivity index (χ1) is 18.1. The van der Waals surface area contributed by atoms with Crippen molar-refractivity contribution in [3.05, 3.63) is 101 Å². The minimum Gasteiger partial charge on any atom is -0.488 e. The highest BCUT2D eigenvalue weighted by atomic mass is 32.2. The fraction of sp³-hybridized carbons (Fsp3) is 0.207. The Morgan fingerprint density at radius 3 is 2.22 bits per heavy atom. The van der Waals surface area contributed by atoms with Gasteiger partial charge in [0.2, 0.25) is 5.91 Å². The molecule has 3 aromatic carbocycles. The van der Waals surface area contributed by atoms with Crippen LogP contribution in [0.4, 0.5) is 10.5 Å². The van der Waals surface area contributed by atoms with Gasteiger partial charge in [0, 0.05) is 37.4 Å². The number of hydrogen-bond donors (Lipinski definition) is 0. The fourth-order valence-corrected chi connectivity index (χ4v) is 5.16. The molecular weight excluding hydrogens is 486 g/mol. The van der Waals surface area contributed by atoms with Gasteiger partial charge < -0.3 is 14.5 Å². The van der Waals surface area contributed by atoms with Crippen LogP contribution in [0.2, 0.25) is 0 Å². The smallest absolute Gasteiger partial charge is 0.294 e. The molecule has 2 fully saturated rings. The third-order valence-electron chi connectivity index (χ3n) is 6.36. The van der Waals surface area contributed by atoms with E-state index in [-0.39, 0.29) is 17.4 Å². The van der Waals surface area contributed by atoms with Gasteiger partial charge in [0.05, 0.1) is 4.91 Å². The average Bonchev–Trinajstić information content (AvgIpc) is 3.21. The quantitative estimate of drug-likeness (QED) is 0.429. The Morgan fingerprint density at radius 1 is 0.838 bits per heavy atom. The van der Waals surface area contributed by atoms with Crippen molar-refractivity contribution in [1.29, 1.82) is 0 Å². The highest BCUT2D eigenvalue weighted by Crippen LogP contribution is 2.34. The minimum absolute atomic E-state index is 0.220. The number of hydrogen-bond acceptors (Lipinski definition) is 6. The van der Waals surface area contributed by atoms with Crippen LogP contribution in [0.3, 0.4) is 0 Å². The van der Waals surface area contributed by atoms with Crippen LogP contribution in [0.15, 0.2) is 89.8 Å². The van der Waals surface area contributed by atoms with Gasteiger partial charge in [-0.1, -0.05) is 66.7 Å². The molecule has 3 amide bonds. The summed E-state index contributed by atoms with van der Waals surface area (Å²) in [5, 5.41) is -0.435.